The number of benzene rings is 1. The van der Waals surface area contributed by atoms with Crippen molar-refractivity contribution in [3.8, 4) is 5.75 Å². The fourth-order valence-corrected chi connectivity index (χ4v) is 3.46. The summed E-state index contributed by atoms with van der Waals surface area (Å²) >= 11 is 0. The number of nitrogens with zero attached hydrogens (tertiary/aromatic N) is 6. The predicted molar refractivity (Wildman–Crippen MR) is 132 cm³/mol. The fraction of sp³-hybridized carbons (Fsp3) is 0.476. The first-order valence-electron chi connectivity index (χ1n) is 10.2. The number of hydrogen-bond acceptors (Lipinski definition) is 6. The number of alkyl halides is 2. The number of ether oxygens (including phenoxy) is 1. The average Bonchev–Trinajstić information content (AvgIpc) is 2.78. The first-order valence-corrected chi connectivity index (χ1v) is 10.2. The minimum Gasteiger partial charge on any atom is -0.435 e. The first-order chi connectivity index (χ1) is 15.0. The van der Waals surface area contributed by atoms with Crippen molar-refractivity contribution in [1.82, 2.24) is 25.1 Å². The SMILES string of the molecule is CN=C(NCCN1CCN(c2ncccn2)CC1)N(C)Cc1ccc(OC(F)F)cc1.I. The van der Waals surface area contributed by atoms with E-state index >= 15 is 0 Å². The monoisotopic (exact) mass is 561 g/mol. The highest BCUT2D eigenvalue weighted by Crippen LogP contribution is 2.16. The van der Waals surface area contributed by atoms with Crippen LogP contribution in [0, 0.1) is 0 Å². The van der Waals surface area contributed by atoms with Gasteiger partial charge in [0, 0.05) is 72.3 Å². The van der Waals surface area contributed by atoms with Crippen LogP contribution in [0.1, 0.15) is 5.56 Å². The molecule has 2 aromatic rings. The third-order valence-electron chi connectivity index (χ3n) is 5.06. The number of hydrogen-bond donors (Lipinski definition) is 1. The van der Waals surface area contributed by atoms with E-state index in [4.69, 9.17) is 0 Å². The molecule has 1 saturated heterocycles. The third kappa shape index (κ3) is 8.01. The number of halogens is 3. The van der Waals surface area contributed by atoms with E-state index < -0.39 is 6.61 Å². The van der Waals surface area contributed by atoms with Crippen molar-refractivity contribution in [1.29, 1.82) is 0 Å². The molecule has 11 heteroatoms. The van der Waals surface area contributed by atoms with Crippen molar-refractivity contribution < 1.29 is 13.5 Å². The Bertz CT molecular complexity index is 819. The molecule has 1 aliphatic rings. The number of aliphatic imine (C=N–C) groups is 1. The summed E-state index contributed by atoms with van der Waals surface area (Å²) in [5.74, 6) is 1.73. The molecule has 3 rings (SSSR count). The largest absolute Gasteiger partial charge is 0.435 e. The Balaban J connectivity index is 0.00000363. The van der Waals surface area contributed by atoms with E-state index in [1.54, 1.807) is 43.7 Å². The van der Waals surface area contributed by atoms with Crippen molar-refractivity contribution in [2.24, 2.45) is 4.99 Å². The van der Waals surface area contributed by atoms with Gasteiger partial charge in [0.2, 0.25) is 5.95 Å². The summed E-state index contributed by atoms with van der Waals surface area (Å²) in [6, 6.07) is 8.47. The maximum Gasteiger partial charge on any atom is 0.387 e. The quantitative estimate of drug-likeness (QED) is 0.302. The summed E-state index contributed by atoms with van der Waals surface area (Å²) in [6.07, 6.45) is 3.54. The zero-order valence-corrected chi connectivity index (χ0v) is 20.7. The summed E-state index contributed by atoms with van der Waals surface area (Å²) < 4.78 is 28.9. The molecule has 8 nitrogen and oxygen atoms in total. The lowest BCUT2D eigenvalue weighted by Crippen LogP contribution is -2.49. The second-order valence-electron chi connectivity index (χ2n) is 7.23. The molecule has 0 unspecified atom stereocenters. The molecule has 1 aromatic carbocycles. The lowest BCUT2D eigenvalue weighted by atomic mass is 10.2. The number of aromatic nitrogens is 2. The summed E-state index contributed by atoms with van der Waals surface area (Å²) in [4.78, 5) is 19.6. The van der Waals surface area contributed by atoms with Crippen LogP contribution in [0.2, 0.25) is 0 Å². The molecular weight excluding hydrogens is 531 g/mol. The smallest absolute Gasteiger partial charge is 0.387 e. The molecule has 0 amide bonds. The fourth-order valence-electron chi connectivity index (χ4n) is 3.46. The Morgan fingerprint density at radius 3 is 2.41 bits per heavy atom. The van der Waals surface area contributed by atoms with Crippen molar-refractivity contribution in [3.05, 3.63) is 48.3 Å². The summed E-state index contributed by atoms with van der Waals surface area (Å²) in [6.45, 7) is 3.21. The molecule has 2 heterocycles. The zero-order chi connectivity index (χ0) is 22.1. The molecule has 0 radical (unpaired) electrons. The second-order valence-corrected chi connectivity index (χ2v) is 7.23. The van der Waals surface area contributed by atoms with Crippen LogP contribution in [-0.2, 0) is 6.54 Å². The number of guanidine groups is 1. The molecule has 1 fully saturated rings. The first kappa shape index (κ1) is 26.0. The van der Waals surface area contributed by atoms with Crippen LogP contribution in [0.25, 0.3) is 0 Å². The number of anilines is 1. The maximum atomic E-state index is 12.3. The van der Waals surface area contributed by atoms with Crippen molar-refractivity contribution >= 4 is 35.9 Å². The normalized spacial score (nSPS) is 14.8. The van der Waals surface area contributed by atoms with Gasteiger partial charge in [0.15, 0.2) is 5.96 Å². The van der Waals surface area contributed by atoms with Gasteiger partial charge in [-0.15, -0.1) is 24.0 Å². The van der Waals surface area contributed by atoms with Gasteiger partial charge in [-0.2, -0.15) is 8.78 Å². The average molecular weight is 561 g/mol. The van der Waals surface area contributed by atoms with Gasteiger partial charge in [-0.25, -0.2) is 9.97 Å². The van der Waals surface area contributed by atoms with Crippen LogP contribution in [0.4, 0.5) is 14.7 Å². The summed E-state index contributed by atoms with van der Waals surface area (Å²) in [5.41, 5.74) is 0.978. The molecule has 0 atom stereocenters. The minimum atomic E-state index is -2.81. The second kappa shape index (κ2) is 13.3. The Morgan fingerprint density at radius 1 is 1.16 bits per heavy atom. The van der Waals surface area contributed by atoms with Gasteiger partial charge in [0.25, 0.3) is 0 Å². The molecule has 1 N–H and O–H groups in total. The molecular formula is C21H30F2IN7O. The Morgan fingerprint density at radius 2 is 1.81 bits per heavy atom. The van der Waals surface area contributed by atoms with Crippen LogP contribution in [0.5, 0.6) is 5.75 Å². The summed E-state index contributed by atoms with van der Waals surface area (Å²) in [5, 5.41) is 3.39. The lowest BCUT2D eigenvalue weighted by Gasteiger charge is -2.34. The van der Waals surface area contributed by atoms with Gasteiger partial charge in [0.05, 0.1) is 0 Å². The number of piperazine rings is 1. The maximum absolute atomic E-state index is 12.3. The van der Waals surface area contributed by atoms with Crippen molar-refractivity contribution in [2.75, 3.05) is 58.3 Å². The minimum absolute atomic E-state index is 0. The molecule has 1 aromatic heterocycles. The van der Waals surface area contributed by atoms with Gasteiger partial charge >= 0.3 is 6.61 Å². The van der Waals surface area contributed by atoms with Crippen LogP contribution in [0.15, 0.2) is 47.7 Å². The van der Waals surface area contributed by atoms with E-state index in [0.717, 1.165) is 56.7 Å². The van der Waals surface area contributed by atoms with E-state index in [2.05, 4.69) is 34.8 Å². The summed E-state index contributed by atoms with van der Waals surface area (Å²) in [7, 11) is 3.69. The highest BCUT2D eigenvalue weighted by Gasteiger charge is 2.18. The Hall–Kier alpha value is -2.28. The van der Waals surface area contributed by atoms with Gasteiger partial charge in [-0.05, 0) is 23.8 Å². The zero-order valence-electron chi connectivity index (χ0n) is 18.3. The van der Waals surface area contributed by atoms with Crippen LogP contribution >= 0.6 is 24.0 Å². The highest BCUT2D eigenvalue weighted by atomic mass is 127. The molecule has 176 valence electrons. The predicted octanol–water partition coefficient (Wildman–Crippen LogP) is 2.53. The Labute approximate surface area is 204 Å². The van der Waals surface area contributed by atoms with E-state index in [1.165, 1.54) is 0 Å². The number of nitrogens with one attached hydrogen (secondary N) is 1. The lowest BCUT2D eigenvalue weighted by molar-refractivity contribution is -0.0498. The highest BCUT2D eigenvalue weighted by molar-refractivity contribution is 14.0. The van der Waals surface area contributed by atoms with E-state index in [-0.39, 0.29) is 29.7 Å². The topological polar surface area (TPSA) is 69.1 Å². The van der Waals surface area contributed by atoms with E-state index in [9.17, 15) is 8.78 Å². The van der Waals surface area contributed by atoms with Gasteiger partial charge < -0.3 is 19.9 Å². The van der Waals surface area contributed by atoms with Crippen LogP contribution in [0.3, 0.4) is 0 Å². The van der Waals surface area contributed by atoms with E-state index in [0.29, 0.717) is 6.54 Å². The third-order valence-corrected chi connectivity index (χ3v) is 5.06. The molecule has 0 saturated carbocycles. The van der Waals surface area contributed by atoms with Crippen molar-refractivity contribution in [2.45, 2.75) is 13.2 Å². The standard InChI is InChI=1S/C21H29F2N7O.HI/c1-24-20(28(2)16-17-4-6-18(7-5-17)31-19(22)23)27-10-11-29-12-14-30(15-13-29)21-25-8-3-9-26-21;/h3-9,19H,10-16H2,1-2H3,(H,24,27);1H. The molecule has 0 aliphatic carbocycles. The van der Waals surface area contributed by atoms with Gasteiger partial charge in [-0.3, -0.25) is 9.89 Å². The molecule has 32 heavy (non-hydrogen) atoms. The van der Waals surface area contributed by atoms with Crippen LogP contribution in [-0.4, -0.2) is 85.7 Å². The number of rotatable bonds is 8. The molecule has 0 bridgehead atoms. The van der Waals surface area contributed by atoms with E-state index in [1.807, 2.05) is 18.0 Å². The van der Waals surface area contributed by atoms with Crippen molar-refractivity contribution in [3.63, 3.8) is 0 Å². The molecule has 0 spiro atoms. The Kier molecular flexibility index (Phi) is 10.8. The van der Waals surface area contributed by atoms with Gasteiger partial charge in [0.1, 0.15) is 5.75 Å². The van der Waals surface area contributed by atoms with Crippen LogP contribution < -0.4 is 15.0 Å². The molecule has 1 aliphatic heterocycles. The van der Waals surface area contributed by atoms with Gasteiger partial charge in [-0.1, -0.05) is 12.1 Å².